The highest BCUT2D eigenvalue weighted by molar-refractivity contribution is 5.79. The fourth-order valence-electron chi connectivity index (χ4n) is 3.10. The molecule has 158 valence electrons. The van der Waals surface area contributed by atoms with E-state index in [0.29, 0.717) is 12.5 Å². The van der Waals surface area contributed by atoms with Crippen molar-refractivity contribution in [1.29, 1.82) is 0 Å². The van der Waals surface area contributed by atoms with Gasteiger partial charge < -0.3 is 24.8 Å². The van der Waals surface area contributed by atoms with Crippen molar-refractivity contribution in [2.45, 2.75) is 46.1 Å². The van der Waals surface area contributed by atoms with Crippen LogP contribution in [0.1, 0.15) is 43.7 Å². The Morgan fingerprint density at radius 2 is 2.04 bits per heavy atom. The van der Waals surface area contributed by atoms with E-state index in [-0.39, 0.29) is 0 Å². The number of benzene rings is 1. The summed E-state index contributed by atoms with van der Waals surface area (Å²) in [5.41, 5.74) is 2.35. The molecule has 0 saturated carbocycles. The molecule has 1 aromatic carbocycles. The van der Waals surface area contributed by atoms with Crippen molar-refractivity contribution >= 4 is 5.96 Å². The average Bonchev–Trinajstić information content (AvgIpc) is 2.72. The summed E-state index contributed by atoms with van der Waals surface area (Å²) in [4.78, 5) is 4.30. The zero-order chi connectivity index (χ0) is 20.0. The van der Waals surface area contributed by atoms with Crippen LogP contribution in [0.4, 0.5) is 0 Å². The first-order valence-electron chi connectivity index (χ1n) is 10.5. The molecule has 1 aliphatic heterocycles. The molecule has 0 aromatic heterocycles. The first-order valence-corrected chi connectivity index (χ1v) is 10.5. The summed E-state index contributed by atoms with van der Waals surface area (Å²) >= 11 is 0. The fourth-order valence-corrected chi connectivity index (χ4v) is 3.10. The second kappa shape index (κ2) is 13.4. The Bertz CT molecular complexity index is 586. The van der Waals surface area contributed by atoms with Crippen LogP contribution in [-0.2, 0) is 16.0 Å². The van der Waals surface area contributed by atoms with Gasteiger partial charge in [0.05, 0.1) is 6.61 Å². The van der Waals surface area contributed by atoms with E-state index in [1.165, 1.54) is 5.56 Å². The van der Waals surface area contributed by atoms with Crippen LogP contribution in [0.5, 0.6) is 5.75 Å². The molecule has 2 N–H and O–H groups in total. The lowest BCUT2D eigenvalue weighted by Crippen LogP contribution is -2.37. The van der Waals surface area contributed by atoms with Gasteiger partial charge in [-0.1, -0.05) is 19.1 Å². The third kappa shape index (κ3) is 8.48. The number of guanidine groups is 1. The van der Waals surface area contributed by atoms with Gasteiger partial charge in [-0.05, 0) is 50.2 Å². The molecule has 0 radical (unpaired) electrons. The second-order valence-corrected chi connectivity index (χ2v) is 7.30. The van der Waals surface area contributed by atoms with Gasteiger partial charge in [0.25, 0.3) is 0 Å². The molecule has 1 aliphatic rings. The molecule has 28 heavy (non-hydrogen) atoms. The van der Waals surface area contributed by atoms with E-state index in [2.05, 4.69) is 47.7 Å². The molecule has 0 unspecified atom stereocenters. The minimum atomic E-state index is 0.662. The SMILES string of the molecule is CCCOc1cc(C)ccc1CNC(=NC)NCCCOCC1CCOCC1. The Kier molecular flexibility index (Phi) is 10.8. The summed E-state index contributed by atoms with van der Waals surface area (Å²) in [6.45, 7) is 9.83. The van der Waals surface area contributed by atoms with Crippen LogP contribution in [0.2, 0.25) is 0 Å². The predicted molar refractivity (Wildman–Crippen MR) is 114 cm³/mol. The minimum absolute atomic E-state index is 0.662. The predicted octanol–water partition coefficient (Wildman–Crippen LogP) is 3.28. The summed E-state index contributed by atoms with van der Waals surface area (Å²) < 4.78 is 17.1. The van der Waals surface area contributed by atoms with E-state index < -0.39 is 0 Å². The number of rotatable bonds is 11. The normalized spacial score (nSPS) is 15.5. The van der Waals surface area contributed by atoms with Gasteiger partial charge >= 0.3 is 0 Å². The summed E-state index contributed by atoms with van der Waals surface area (Å²) in [5.74, 6) is 2.41. The number of aliphatic imine (C=N–C) groups is 1. The third-order valence-corrected chi connectivity index (χ3v) is 4.81. The molecule has 6 heteroatoms. The van der Waals surface area contributed by atoms with Crippen molar-refractivity contribution in [2.75, 3.05) is 46.6 Å². The van der Waals surface area contributed by atoms with Crippen molar-refractivity contribution in [1.82, 2.24) is 10.6 Å². The molecule has 0 atom stereocenters. The van der Waals surface area contributed by atoms with Gasteiger partial charge in [-0.15, -0.1) is 0 Å². The number of hydrogen-bond donors (Lipinski definition) is 2. The first kappa shape index (κ1) is 22.5. The maximum Gasteiger partial charge on any atom is 0.191 e. The zero-order valence-electron chi connectivity index (χ0n) is 17.8. The number of nitrogens with zero attached hydrogens (tertiary/aromatic N) is 1. The molecule has 0 amide bonds. The van der Waals surface area contributed by atoms with Gasteiger partial charge in [-0.3, -0.25) is 4.99 Å². The Hall–Kier alpha value is -1.79. The number of ether oxygens (including phenoxy) is 3. The van der Waals surface area contributed by atoms with Crippen LogP contribution in [0.3, 0.4) is 0 Å². The number of aryl methyl sites for hydroxylation is 1. The Morgan fingerprint density at radius 1 is 1.21 bits per heavy atom. The maximum atomic E-state index is 5.88. The summed E-state index contributed by atoms with van der Waals surface area (Å²) in [6, 6.07) is 6.32. The monoisotopic (exact) mass is 391 g/mol. The van der Waals surface area contributed by atoms with Crippen molar-refractivity contribution in [3.63, 3.8) is 0 Å². The molecule has 0 bridgehead atoms. The largest absolute Gasteiger partial charge is 0.493 e. The number of nitrogens with one attached hydrogen (secondary N) is 2. The lowest BCUT2D eigenvalue weighted by Gasteiger charge is -2.21. The van der Waals surface area contributed by atoms with Gasteiger partial charge in [0.2, 0.25) is 0 Å². The summed E-state index contributed by atoms with van der Waals surface area (Å²) in [6.07, 6.45) is 4.20. The molecule has 1 saturated heterocycles. The smallest absolute Gasteiger partial charge is 0.191 e. The Balaban J connectivity index is 1.64. The zero-order valence-corrected chi connectivity index (χ0v) is 17.8. The lowest BCUT2D eigenvalue weighted by molar-refractivity contribution is 0.0203. The van der Waals surface area contributed by atoms with E-state index >= 15 is 0 Å². The van der Waals surface area contributed by atoms with Gasteiger partial charge in [0, 0.05) is 52.1 Å². The Morgan fingerprint density at radius 3 is 2.79 bits per heavy atom. The lowest BCUT2D eigenvalue weighted by atomic mass is 10.0. The fraction of sp³-hybridized carbons (Fsp3) is 0.682. The van der Waals surface area contributed by atoms with E-state index in [0.717, 1.165) is 82.5 Å². The van der Waals surface area contributed by atoms with E-state index in [1.54, 1.807) is 7.05 Å². The van der Waals surface area contributed by atoms with Gasteiger partial charge in [0.1, 0.15) is 5.75 Å². The molecule has 1 heterocycles. The van der Waals surface area contributed by atoms with Crippen molar-refractivity contribution in [2.24, 2.45) is 10.9 Å². The van der Waals surface area contributed by atoms with Gasteiger partial charge in [0.15, 0.2) is 5.96 Å². The van der Waals surface area contributed by atoms with Crippen molar-refractivity contribution in [3.05, 3.63) is 29.3 Å². The molecule has 1 aromatic rings. The molecular formula is C22H37N3O3. The Labute approximate surface area is 170 Å². The van der Waals surface area contributed by atoms with Crippen LogP contribution in [-0.4, -0.2) is 52.6 Å². The summed E-state index contributed by atoms with van der Waals surface area (Å²) in [5, 5.41) is 6.72. The van der Waals surface area contributed by atoms with Crippen molar-refractivity contribution < 1.29 is 14.2 Å². The first-order chi connectivity index (χ1) is 13.7. The van der Waals surface area contributed by atoms with E-state index in [9.17, 15) is 0 Å². The van der Waals surface area contributed by atoms with Gasteiger partial charge in [-0.2, -0.15) is 0 Å². The summed E-state index contributed by atoms with van der Waals surface area (Å²) in [7, 11) is 1.79. The average molecular weight is 392 g/mol. The van der Waals surface area contributed by atoms with E-state index in [4.69, 9.17) is 14.2 Å². The van der Waals surface area contributed by atoms with Crippen LogP contribution >= 0.6 is 0 Å². The van der Waals surface area contributed by atoms with Crippen LogP contribution in [0, 0.1) is 12.8 Å². The van der Waals surface area contributed by atoms with Crippen LogP contribution in [0.25, 0.3) is 0 Å². The molecule has 6 nitrogen and oxygen atoms in total. The van der Waals surface area contributed by atoms with Crippen molar-refractivity contribution in [3.8, 4) is 5.75 Å². The number of hydrogen-bond acceptors (Lipinski definition) is 4. The molecule has 1 fully saturated rings. The topological polar surface area (TPSA) is 64.1 Å². The minimum Gasteiger partial charge on any atom is -0.493 e. The van der Waals surface area contributed by atoms with E-state index in [1.807, 2.05) is 0 Å². The molecule has 0 aliphatic carbocycles. The van der Waals surface area contributed by atoms with Crippen LogP contribution < -0.4 is 15.4 Å². The molecular weight excluding hydrogens is 354 g/mol. The third-order valence-electron chi connectivity index (χ3n) is 4.81. The maximum absolute atomic E-state index is 5.88. The van der Waals surface area contributed by atoms with Gasteiger partial charge in [-0.25, -0.2) is 0 Å². The highest BCUT2D eigenvalue weighted by Crippen LogP contribution is 2.20. The van der Waals surface area contributed by atoms with Crippen LogP contribution in [0.15, 0.2) is 23.2 Å². The highest BCUT2D eigenvalue weighted by atomic mass is 16.5. The molecule has 2 rings (SSSR count). The standard InChI is InChI=1S/C22H37N3O3/c1-4-11-28-21-15-18(2)6-7-20(21)16-25-22(23-3)24-10-5-12-27-17-19-8-13-26-14-9-19/h6-7,15,19H,4-5,8-14,16-17H2,1-3H3,(H2,23,24,25). The second-order valence-electron chi connectivity index (χ2n) is 7.30. The molecule has 0 spiro atoms. The quantitative estimate of drug-likeness (QED) is 0.344. The highest BCUT2D eigenvalue weighted by Gasteiger charge is 2.13.